The van der Waals surface area contributed by atoms with E-state index in [1.54, 1.807) is 11.9 Å². The SMILES string of the molecule is CN(C(=O)C(=O)C(Cc1ccccc1)NC(=O)[C@@H]1CCC(=O)N1Cc1ccccc1)[C@@H]1CCCO1. The van der Waals surface area contributed by atoms with Crippen LogP contribution in [-0.2, 0) is 36.9 Å². The summed E-state index contributed by atoms with van der Waals surface area (Å²) in [5.74, 6) is -1.91. The molecule has 4 rings (SSSR count). The van der Waals surface area contributed by atoms with E-state index in [-0.39, 0.29) is 18.7 Å². The molecule has 0 bridgehead atoms. The van der Waals surface area contributed by atoms with Gasteiger partial charge in [-0.2, -0.15) is 0 Å². The minimum atomic E-state index is -1.05. The Bertz CT molecular complexity index is 1050. The van der Waals surface area contributed by atoms with Crippen molar-refractivity contribution in [1.29, 1.82) is 0 Å². The van der Waals surface area contributed by atoms with Crippen LogP contribution in [0.3, 0.4) is 0 Å². The van der Waals surface area contributed by atoms with Gasteiger partial charge < -0.3 is 19.9 Å². The minimum Gasteiger partial charge on any atom is -0.358 e. The number of nitrogens with zero attached hydrogens (tertiary/aromatic N) is 2. The van der Waals surface area contributed by atoms with E-state index in [0.29, 0.717) is 26.0 Å². The number of Topliss-reactive ketones (excluding diaryl/α,β-unsaturated/α-hetero) is 1. The highest BCUT2D eigenvalue weighted by Gasteiger charge is 2.39. The van der Waals surface area contributed by atoms with E-state index in [1.165, 1.54) is 4.90 Å². The molecular formula is C27H31N3O5. The number of ketones is 1. The van der Waals surface area contributed by atoms with E-state index in [1.807, 2.05) is 60.7 Å². The Morgan fingerprint density at radius 1 is 1.03 bits per heavy atom. The number of ether oxygens (including phenoxy) is 1. The number of likely N-dealkylation sites (N-methyl/N-ethyl adjacent to an activating group) is 1. The van der Waals surface area contributed by atoms with Crippen molar-refractivity contribution in [2.45, 2.75) is 57.0 Å². The largest absolute Gasteiger partial charge is 0.358 e. The predicted octanol–water partition coefficient (Wildman–Crippen LogP) is 2.07. The van der Waals surface area contributed by atoms with Crippen molar-refractivity contribution in [2.75, 3.05) is 13.7 Å². The molecule has 3 amide bonds. The molecule has 2 saturated heterocycles. The molecule has 0 aliphatic carbocycles. The van der Waals surface area contributed by atoms with E-state index < -0.39 is 35.9 Å². The van der Waals surface area contributed by atoms with Crippen LogP contribution in [0.4, 0.5) is 0 Å². The fourth-order valence-corrected chi connectivity index (χ4v) is 4.63. The molecule has 0 aromatic heterocycles. The Morgan fingerprint density at radius 3 is 2.31 bits per heavy atom. The number of nitrogens with one attached hydrogen (secondary N) is 1. The van der Waals surface area contributed by atoms with Gasteiger partial charge in [-0.25, -0.2) is 0 Å². The maximum atomic E-state index is 13.3. The molecule has 2 fully saturated rings. The first-order valence-electron chi connectivity index (χ1n) is 12.0. The van der Waals surface area contributed by atoms with Gasteiger partial charge in [-0.1, -0.05) is 60.7 Å². The zero-order chi connectivity index (χ0) is 24.8. The number of rotatable bonds is 9. The second kappa shape index (κ2) is 11.3. The molecule has 2 heterocycles. The summed E-state index contributed by atoms with van der Waals surface area (Å²) in [4.78, 5) is 55.1. The molecule has 184 valence electrons. The molecule has 3 atom stereocenters. The first kappa shape index (κ1) is 24.6. The summed E-state index contributed by atoms with van der Waals surface area (Å²) in [5.41, 5.74) is 1.74. The summed E-state index contributed by atoms with van der Waals surface area (Å²) in [5, 5.41) is 2.80. The molecule has 0 spiro atoms. The predicted molar refractivity (Wildman–Crippen MR) is 129 cm³/mol. The summed E-state index contributed by atoms with van der Waals surface area (Å²) in [7, 11) is 1.55. The lowest BCUT2D eigenvalue weighted by Crippen LogP contribution is -2.54. The van der Waals surface area contributed by atoms with Crippen molar-refractivity contribution in [3.05, 3.63) is 71.8 Å². The second-order valence-corrected chi connectivity index (χ2v) is 9.06. The summed E-state index contributed by atoms with van der Waals surface area (Å²) >= 11 is 0. The summed E-state index contributed by atoms with van der Waals surface area (Å²) in [6.45, 7) is 0.864. The Labute approximate surface area is 205 Å². The van der Waals surface area contributed by atoms with E-state index in [2.05, 4.69) is 5.32 Å². The number of hydrogen-bond acceptors (Lipinski definition) is 5. The van der Waals surface area contributed by atoms with Gasteiger partial charge >= 0.3 is 0 Å². The number of amides is 3. The van der Waals surface area contributed by atoms with Crippen molar-refractivity contribution in [1.82, 2.24) is 15.1 Å². The Balaban J connectivity index is 1.50. The van der Waals surface area contributed by atoms with Gasteiger partial charge in [0.1, 0.15) is 18.3 Å². The zero-order valence-corrected chi connectivity index (χ0v) is 19.9. The Kier molecular flexibility index (Phi) is 7.92. The fourth-order valence-electron chi connectivity index (χ4n) is 4.63. The van der Waals surface area contributed by atoms with Crippen LogP contribution in [0.1, 0.15) is 36.8 Å². The van der Waals surface area contributed by atoms with Crippen LogP contribution >= 0.6 is 0 Å². The van der Waals surface area contributed by atoms with Crippen LogP contribution in [0.15, 0.2) is 60.7 Å². The lowest BCUT2D eigenvalue weighted by Gasteiger charge is -2.28. The first-order valence-corrected chi connectivity index (χ1v) is 12.0. The van der Waals surface area contributed by atoms with Crippen LogP contribution in [0.25, 0.3) is 0 Å². The third-order valence-electron chi connectivity index (χ3n) is 6.61. The van der Waals surface area contributed by atoms with Crippen molar-refractivity contribution in [3.8, 4) is 0 Å². The molecule has 2 aromatic carbocycles. The maximum Gasteiger partial charge on any atom is 0.293 e. The molecule has 8 nitrogen and oxygen atoms in total. The second-order valence-electron chi connectivity index (χ2n) is 9.06. The highest BCUT2D eigenvalue weighted by Crippen LogP contribution is 2.22. The average molecular weight is 478 g/mol. The smallest absolute Gasteiger partial charge is 0.293 e. The molecule has 35 heavy (non-hydrogen) atoms. The van der Waals surface area contributed by atoms with E-state index in [0.717, 1.165) is 17.5 Å². The van der Waals surface area contributed by atoms with Crippen LogP contribution < -0.4 is 5.32 Å². The van der Waals surface area contributed by atoms with Crippen molar-refractivity contribution >= 4 is 23.5 Å². The van der Waals surface area contributed by atoms with Gasteiger partial charge in [0.15, 0.2) is 0 Å². The fraction of sp³-hybridized carbons (Fsp3) is 0.407. The number of benzene rings is 2. The standard InChI is InChI=1S/C27H31N3O5/c1-29(24-13-8-16-35-24)27(34)25(32)21(17-19-9-4-2-5-10-19)28-26(33)22-14-15-23(31)30(22)18-20-11-6-3-7-12-20/h2-7,9-12,21-22,24H,8,13-18H2,1H3,(H,28,33)/t21?,22-,24-/m0/s1. The van der Waals surface area contributed by atoms with Crippen LogP contribution in [0, 0.1) is 0 Å². The third-order valence-corrected chi connectivity index (χ3v) is 6.61. The summed E-state index contributed by atoms with van der Waals surface area (Å²) < 4.78 is 5.55. The van der Waals surface area contributed by atoms with Gasteiger partial charge in [-0.3, -0.25) is 19.2 Å². The van der Waals surface area contributed by atoms with E-state index >= 15 is 0 Å². The molecule has 8 heteroatoms. The van der Waals surface area contributed by atoms with Crippen molar-refractivity contribution in [3.63, 3.8) is 0 Å². The summed E-state index contributed by atoms with van der Waals surface area (Å²) in [6.07, 6.45) is 1.87. The third kappa shape index (κ3) is 5.95. The lowest BCUT2D eigenvalue weighted by atomic mass is 10.0. The lowest BCUT2D eigenvalue weighted by molar-refractivity contribution is -0.152. The van der Waals surface area contributed by atoms with Gasteiger partial charge in [-0.05, 0) is 30.4 Å². The molecular weight excluding hydrogens is 446 g/mol. The van der Waals surface area contributed by atoms with Gasteiger partial charge in [0.05, 0.1) is 0 Å². The van der Waals surface area contributed by atoms with Gasteiger partial charge in [0.25, 0.3) is 5.91 Å². The van der Waals surface area contributed by atoms with Crippen LogP contribution in [0.5, 0.6) is 0 Å². The minimum absolute atomic E-state index is 0.103. The normalized spacial score (nSPS) is 20.5. The number of carbonyl (C=O) groups is 4. The average Bonchev–Trinajstić information content (AvgIpc) is 3.54. The zero-order valence-electron chi connectivity index (χ0n) is 19.9. The number of hydrogen-bond donors (Lipinski definition) is 1. The molecule has 1 N–H and O–H groups in total. The quantitative estimate of drug-likeness (QED) is 0.558. The van der Waals surface area contributed by atoms with Crippen LogP contribution in [0.2, 0.25) is 0 Å². The van der Waals surface area contributed by atoms with E-state index in [4.69, 9.17) is 4.74 Å². The number of likely N-dealkylation sites (tertiary alicyclic amines) is 1. The summed E-state index contributed by atoms with van der Waals surface area (Å²) in [6, 6.07) is 17.0. The van der Waals surface area contributed by atoms with E-state index in [9.17, 15) is 19.2 Å². The van der Waals surface area contributed by atoms with Crippen LogP contribution in [-0.4, -0.2) is 65.3 Å². The Hall–Kier alpha value is -3.52. The molecule has 1 unspecified atom stereocenters. The highest BCUT2D eigenvalue weighted by atomic mass is 16.5. The molecule has 2 aliphatic heterocycles. The van der Waals surface area contributed by atoms with Gasteiger partial charge in [-0.15, -0.1) is 0 Å². The molecule has 0 saturated carbocycles. The van der Waals surface area contributed by atoms with Crippen molar-refractivity contribution in [2.24, 2.45) is 0 Å². The molecule has 2 aromatic rings. The highest BCUT2D eigenvalue weighted by molar-refractivity contribution is 6.38. The maximum absolute atomic E-state index is 13.3. The van der Waals surface area contributed by atoms with Gasteiger partial charge in [0, 0.05) is 33.0 Å². The van der Waals surface area contributed by atoms with Crippen molar-refractivity contribution < 1.29 is 23.9 Å². The molecule has 0 radical (unpaired) electrons. The molecule has 2 aliphatic rings. The topological polar surface area (TPSA) is 96.0 Å². The monoisotopic (exact) mass is 477 g/mol. The first-order chi connectivity index (χ1) is 16.9. The van der Waals surface area contributed by atoms with Gasteiger partial charge in [0.2, 0.25) is 17.6 Å². The Morgan fingerprint density at radius 2 is 1.69 bits per heavy atom. The number of carbonyl (C=O) groups excluding carboxylic acids is 4.